The Morgan fingerprint density at radius 2 is 1.48 bits per heavy atom. The fourth-order valence-corrected chi connectivity index (χ4v) is 5.58. The minimum absolute atomic E-state index is 0.0124. The van der Waals surface area contributed by atoms with Gasteiger partial charge in [-0.1, -0.05) is 18.2 Å². The molecule has 0 spiro atoms. The number of sulfonamides is 1. The number of hydrogen-bond donors (Lipinski definition) is 0. The van der Waals surface area contributed by atoms with E-state index in [-0.39, 0.29) is 22.6 Å². The first-order valence-electron chi connectivity index (χ1n) is 10.5. The molecule has 2 aromatic rings. The zero-order chi connectivity index (χ0) is 21.8. The maximum atomic E-state index is 13.0. The predicted octanol–water partition coefficient (Wildman–Crippen LogP) is 1.47. The molecule has 0 radical (unpaired) electrons. The minimum Gasteiger partial charge on any atom is -0.339 e. The molecule has 2 amide bonds. The van der Waals surface area contributed by atoms with Gasteiger partial charge >= 0.3 is 0 Å². The number of aromatic nitrogens is 1. The van der Waals surface area contributed by atoms with Gasteiger partial charge in [-0.25, -0.2) is 8.42 Å². The summed E-state index contributed by atoms with van der Waals surface area (Å²) in [6, 6.07) is 12.3. The summed E-state index contributed by atoms with van der Waals surface area (Å²) in [6.45, 7) is 2.67. The summed E-state index contributed by atoms with van der Waals surface area (Å²) in [6.07, 6.45) is 3.89. The first-order chi connectivity index (χ1) is 15.0. The molecule has 1 aromatic heterocycles. The molecule has 2 saturated heterocycles. The summed E-state index contributed by atoms with van der Waals surface area (Å²) in [5.74, 6) is -0.136. The third-order valence-electron chi connectivity index (χ3n) is 5.97. The Morgan fingerprint density at radius 1 is 0.839 bits per heavy atom. The van der Waals surface area contributed by atoms with Gasteiger partial charge in [0, 0.05) is 63.1 Å². The lowest BCUT2D eigenvalue weighted by molar-refractivity contribution is -0.138. The molecule has 1 aromatic carbocycles. The fourth-order valence-electron chi connectivity index (χ4n) is 4.14. The van der Waals surface area contributed by atoms with Gasteiger partial charge < -0.3 is 9.80 Å². The molecule has 0 aliphatic carbocycles. The molecule has 9 heteroatoms. The lowest BCUT2D eigenvalue weighted by atomic mass is 9.96. The molecule has 0 unspecified atom stereocenters. The first kappa shape index (κ1) is 21.5. The van der Waals surface area contributed by atoms with Gasteiger partial charge in [-0.05, 0) is 37.1 Å². The number of rotatable bonds is 4. The van der Waals surface area contributed by atoms with E-state index in [0.717, 1.165) is 0 Å². The highest BCUT2D eigenvalue weighted by Gasteiger charge is 2.35. The third kappa shape index (κ3) is 4.62. The Balaban J connectivity index is 1.29. The molecule has 2 fully saturated rings. The second-order valence-electron chi connectivity index (χ2n) is 7.85. The fraction of sp³-hybridized carbons (Fsp3) is 0.409. The smallest absolute Gasteiger partial charge is 0.253 e. The van der Waals surface area contributed by atoms with E-state index in [0.29, 0.717) is 57.7 Å². The van der Waals surface area contributed by atoms with Crippen LogP contribution in [0.25, 0.3) is 0 Å². The maximum Gasteiger partial charge on any atom is 0.253 e. The highest BCUT2D eigenvalue weighted by molar-refractivity contribution is 7.89. The number of amides is 2. The van der Waals surface area contributed by atoms with Crippen LogP contribution < -0.4 is 0 Å². The molecule has 0 N–H and O–H groups in total. The number of nitrogens with zero attached hydrogens (tertiary/aromatic N) is 4. The van der Waals surface area contributed by atoms with Crippen molar-refractivity contribution >= 4 is 21.8 Å². The zero-order valence-electron chi connectivity index (χ0n) is 17.3. The molecule has 0 bridgehead atoms. The molecule has 8 nitrogen and oxygen atoms in total. The SMILES string of the molecule is O=C(c1ccccc1)N1CCN(C(=O)C2CCN(S(=O)(=O)c3cccnc3)CC2)CC1. The van der Waals surface area contributed by atoms with Crippen molar-refractivity contribution in [1.29, 1.82) is 0 Å². The minimum atomic E-state index is -3.58. The monoisotopic (exact) mass is 442 g/mol. The van der Waals surface area contributed by atoms with Crippen LogP contribution >= 0.6 is 0 Å². The molecule has 31 heavy (non-hydrogen) atoms. The average Bonchev–Trinajstić information content (AvgIpc) is 2.84. The number of carbonyl (C=O) groups is 2. The molecule has 2 aliphatic heterocycles. The number of carbonyl (C=O) groups excluding carboxylic acids is 2. The van der Waals surface area contributed by atoms with Crippen LogP contribution in [0.3, 0.4) is 0 Å². The Bertz CT molecular complexity index is 1010. The van der Waals surface area contributed by atoms with Crippen molar-refractivity contribution in [2.45, 2.75) is 17.7 Å². The summed E-state index contributed by atoms with van der Waals surface area (Å²) < 4.78 is 26.9. The van der Waals surface area contributed by atoms with Gasteiger partial charge in [0.1, 0.15) is 4.90 Å². The predicted molar refractivity (Wildman–Crippen MR) is 115 cm³/mol. The van der Waals surface area contributed by atoms with Crippen LogP contribution in [-0.2, 0) is 14.8 Å². The van der Waals surface area contributed by atoms with E-state index in [1.54, 1.807) is 23.1 Å². The molecule has 2 aliphatic rings. The Labute approximate surface area is 182 Å². The number of pyridine rings is 1. The van der Waals surface area contributed by atoms with Crippen LogP contribution in [0, 0.1) is 5.92 Å². The Morgan fingerprint density at radius 3 is 2.10 bits per heavy atom. The Kier molecular flexibility index (Phi) is 6.33. The van der Waals surface area contributed by atoms with Crippen LogP contribution in [0.2, 0.25) is 0 Å². The van der Waals surface area contributed by atoms with Gasteiger partial charge in [-0.2, -0.15) is 4.31 Å². The number of benzene rings is 1. The maximum absolute atomic E-state index is 13.0. The largest absolute Gasteiger partial charge is 0.339 e. The quantitative estimate of drug-likeness (QED) is 0.715. The third-order valence-corrected chi connectivity index (χ3v) is 7.86. The van der Waals surface area contributed by atoms with Crippen LogP contribution in [0.15, 0.2) is 59.8 Å². The van der Waals surface area contributed by atoms with Gasteiger partial charge in [0.2, 0.25) is 15.9 Å². The second kappa shape index (κ2) is 9.15. The first-order valence-corrected chi connectivity index (χ1v) is 11.9. The molecular weight excluding hydrogens is 416 g/mol. The number of hydrogen-bond acceptors (Lipinski definition) is 5. The second-order valence-corrected chi connectivity index (χ2v) is 9.79. The van der Waals surface area contributed by atoms with Crippen molar-refractivity contribution < 1.29 is 18.0 Å². The van der Waals surface area contributed by atoms with Crippen LogP contribution in [-0.4, -0.2) is 78.6 Å². The average molecular weight is 443 g/mol. The van der Waals surface area contributed by atoms with Crippen LogP contribution in [0.5, 0.6) is 0 Å². The molecule has 164 valence electrons. The summed E-state index contributed by atoms with van der Waals surface area (Å²) in [5.41, 5.74) is 0.657. The van der Waals surface area contributed by atoms with Gasteiger partial charge in [-0.3, -0.25) is 14.6 Å². The summed E-state index contributed by atoms with van der Waals surface area (Å²) in [7, 11) is -3.58. The number of piperidine rings is 1. The summed E-state index contributed by atoms with van der Waals surface area (Å²) in [5, 5.41) is 0. The lowest BCUT2D eigenvalue weighted by Gasteiger charge is -2.38. The Hall–Kier alpha value is -2.78. The molecule has 0 atom stereocenters. The van der Waals surface area contributed by atoms with E-state index >= 15 is 0 Å². The van der Waals surface area contributed by atoms with E-state index in [2.05, 4.69) is 4.98 Å². The van der Waals surface area contributed by atoms with Crippen molar-refractivity contribution in [3.8, 4) is 0 Å². The van der Waals surface area contributed by atoms with Crippen molar-refractivity contribution in [2.24, 2.45) is 5.92 Å². The van der Waals surface area contributed by atoms with Gasteiger partial charge in [0.25, 0.3) is 5.91 Å². The topological polar surface area (TPSA) is 90.9 Å². The van der Waals surface area contributed by atoms with E-state index in [9.17, 15) is 18.0 Å². The molecule has 0 saturated carbocycles. The highest BCUT2D eigenvalue weighted by atomic mass is 32.2. The summed E-state index contributed by atoms with van der Waals surface area (Å²) in [4.78, 5) is 33.2. The van der Waals surface area contributed by atoms with Gasteiger partial charge in [0.15, 0.2) is 0 Å². The summed E-state index contributed by atoms with van der Waals surface area (Å²) >= 11 is 0. The van der Waals surface area contributed by atoms with Crippen molar-refractivity contribution in [2.75, 3.05) is 39.3 Å². The normalized spacial score (nSPS) is 18.7. The molecule has 3 heterocycles. The van der Waals surface area contributed by atoms with Crippen LogP contribution in [0.4, 0.5) is 0 Å². The van der Waals surface area contributed by atoms with E-state index in [1.165, 1.54) is 22.8 Å². The zero-order valence-corrected chi connectivity index (χ0v) is 18.1. The van der Waals surface area contributed by atoms with Gasteiger partial charge in [0.05, 0.1) is 0 Å². The highest BCUT2D eigenvalue weighted by Crippen LogP contribution is 2.25. The molecular formula is C22H26N4O4S. The van der Waals surface area contributed by atoms with Crippen molar-refractivity contribution in [1.82, 2.24) is 19.1 Å². The van der Waals surface area contributed by atoms with E-state index < -0.39 is 10.0 Å². The standard InChI is InChI=1S/C22H26N4O4S/c27-21(18-5-2-1-3-6-18)24-13-15-25(16-14-24)22(28)19-8-11-26(12-9-19)31(29,30)20-7-4-10-23-17-20/h1-7,10,17,19H,8-9,11-16H2. The van der Waals surface area contributed by atoms with E-state index in [1.807, 2.05) is 23.1 Å². The van der Waals surface area contributed by atoms with E-state index in [4.69, 9.17) is 0 Å². The number of piperazine rings is 1. The lowest BCUT2D eigenvalue weighted by Crippen LogP contribution is -2.53. The molecule has 4 rings (SSSR count). The van der Waals surface area contributed by atoms with Crippen molar-refractivity contribution in [3.63, 3.8) is 0 Å². The van der Waals surface area contributed by atoms with Gasteiger partial charge in [-0.15, -0.1) is 0 Å². The van der Waals surface area contributed by atoms with Crippen molar-refractivity contribution in [3.05, 3.63) is 60.4 Å². The van der Waals surface area contributed by atoms with Crippen LogP contribution in [0.1, 0.15) is 23.2 Å².